The third kappa shape index (κ3) is 4.29. The molecular weight excluding hydrogens is 278 g/mol. The van der Waals surface area contributed by atoms with E-state index in [1.165, 1.54) is 18.2 Å². The maximum Gasteiger partial charge on any atom is 0.224 e. The van der Waals surface area contributed by atoms with Crippen molar-refractivity contribution in [3.63, 3.8) is 0 Å². The summed E-state index contributed by atoms with van der Waals surface area (Å²) < 4.78 is 22.7. The van der Waals surface area contributed by atoms with E-state index in [-0.39, 0.29) is 34.5 Å². The van der Waals surface area contributed by atoms with Gasteiger partial charge in [0.2, 0.25) is 5.91 Å². The molecule has 2 N–H and O–H groups in total. The molecule has 0 radical (unpaired) electrons. The second kappa shape index (κ2) is 6.17. The maximum absolute atomic E-state index is 11.5. The van der Waals surface area contributed by atoms with Gasteiger partial charge in [-0.15, -0.1) is 0 Å². The Morgan fingerprint density at radius 1 is 1.44 bits per heavy atom. The number of nitrogens with one attached hydrogen (secondary N) is 1. The Balaban J connectivity index is 2.92. The van der Waals surface area contributed by atoms with Crippen molar-refractivity contribution in [2.45, 2.75) is 17.7 Å². The summed E-state index contributed by atoms with van der Waals surface area (Å²) in [7, 11) is -3.34. The summed E-state index contributed by atoms with van der Waals surface area (Å²) >= 11 is 5.87. The van der Waals surface area contributed by atoms with Crippen LogP contribution in [0.2, 0.25) is 5.02 Å². The van der Waals surface area contributed by atoms with Crippen LogP contribution in [0.15, 0.2) is 23.1 Å². The Kier molecular flexibility index (Phi) is 5.13. The third-order valence-electron chi connectivity index (χ3n) is 2.20. The minimum atomic E-state index is -3.34. The van der Waals surface area contributed by atoms with Gasteiger partial charge in [-0.25, -0.2) is 8.42 Å². The predicted octanol–water partition coefficient (Wildman–Crippen LogP) is 1.45. The van der Waals surface area contributed by atoms with E-state index in [0.29, 0.717) is 6.42 Å². The normalized spacial score (nSPS) is 11.3. The minimum Gasteiger partial charge on any atom is -0.396 e. The lowest BCUT2D eigenvalue weighted by Crippen LogP contribution is -2.12. The standard InChI is InChI=1S/C11H14ClNO4S/c1-18(16,17)8-4-5-9(12)10(7-8)13-11(15)3-2-6-14/h4-5,7,14H,2-3,6H2,1H3,(H,13,15). The van der Waals surface area contributed by atoms with Crippen LogP contribution in [0.3, 0.4) is 0 Å². The zero-order chi connectivity index (χ0) is 13.8. The van der Waals surface area contributed by atoms with Crippen LogP contribution < -0.4 is 5.32 Å². The van der Waals surface area contributed by atoms with Crippen LogP contribution in [-0.4, -0.2) is 32.3 Å². The molecule has 0 aromatic heterocycles. The van der Waals surface area contributed by atoms with Crippen LogP contribution >= 0.6 is 11.6 Å². The number of amides is 1. The van der Waals surface area contributed by atoms with Gasteiger partial charge in [0, 0.05) is 19.3 Å². The Bertz CT molecular complexity index is 542. The van der Waals surface area contributed by atoms with Crippen molar-refractivity contribution in [3.8, 4) is 0 Å². The van der Waals surface area contributed by atoms with Crippen molar-refractivity contribution < 1.29 is 18.3 Å². The number of aliphatic hydroxyl groups is 1. The van der Waals surface area contributed by atoms with Crippen LogP contribution in [0.1, 0.15) is 12.8 Å². The molecule has 1 aromatic rings. The topological polar surface area (TPSA) is 83.5 Å². The quantitative estimate of drug-likeness (QED) is 0.860. The van der Waals surface area contributed by atoms with E-state index >= 15 is 0 Å². The molecule has 1 amide bonds. The monoisotopic (exact) mass is 291 g/mol. The number of carbonyl (C=O) groups is 1. The largest absolute Gasteiger partial charge is 0.396 e. The first-order valence-electron chi connectivity index (χ1n) is 5.25. The number of anilines is 1. The highest BCUT2D eigenvalue weighted by molar-refractivity contribution is 7.90. The molecule has 0 unspecified atom stereocenters. The second-order valence-corrected chi connectivity index (χ2v) is 6.21. The number of sulfone groups is 1. The van der Waals surface area contributed by atoms with E-state index in [1.54, 1.807) is 0 Å². The molecule has 5 nitrogen and oxygen atoms in total. The second-order valence-electron chi connectivity index (χ2n) is 3.79. The summed E-state index contributed by atoms with van der Waals surface area (Å²) in [5, 5.41) is 11.4. The predicted molar refractivity (Wildman–Crippen MR) is 69.5 cm³/mol. The first kappa shape index (κ1) is 14.9. The van der Waals surface area contributed by atoms with Crippen LogP contribution in [-0.2, 0) is 14.6 Å². The zero-order valence-corrected chi connectivity index (χ0v) is 11.4. The highest BCUT2D eigenvalue weighted by Crippen LogP contribution is 2.25. The van der Waals surface area contributed by atoms with E-state index < -0.39 is 9.84 Å². The molecule has 7 heteroatoms. The van der Waals surface area contributed by atoms with Gasteiger partial charge >= 0.3 is 0 Å². The van der Waals surface area contributed by atoms with E-state index in [4.69, 9.17) is 16.7 Å². The fourth-order valence-electron chi connectivity index (χ4n) is 1.28. The number of hydrogen-bond acceptors (Lipinski definition) is 4. The summed E-state index contributed by atoms with van der Waals surface area (Å²) in [5.41, 5.74) is 0.252. The SMILES string of the molecule is CS(=O)(=O)c1ccc(Cl)c(NC(=O)CCCO)c1. The third-order valence-corrected chi connectivity index (χ3v) is 3.64. The number of rotatable bonds is 5. The lowest BCUT2D eigenvalue weighted by atomic mass is 10.2. The van der Waals surface area contributed by atoms with Crippen LogP contribution in [0.25, 0.3) is 0 Å². The van der Waals surface area contributed by atoms with Gasteiger partial charge in [0.05, 0.1) is 15.6 Å². The molecule has 0 fully saturated rings. The molecule has 18 heavy (non-hydrogen) atoms. The molecule has 0 aliphatic heterocycles. The van der Waals surface area contributed by atoms with E-state index in [0.717, 1.165) is 6.26 Å². The van der Waals surface area contributed by atoms with Gasteiger partial charge in [-0.1, -0.05) is 11.6 Å². The molecule has 1 rings (SSSR count). The van der Waals surface area contributed by atoms with Gasteiger partial charge in [0.25, 0.3) is 0 Å². The minimum absolute atomic E-state index is 0.0788. The Labute approximate surface area is 111 Å². The van der Waals surface area contributed by atoms with Crippen LogP contribution in [0.4, 0.5) is 5.69 Å². The molecule has 0 atom stereocenters. The number of carbonyl (C=O) groups excluding carboxylic acids is 1. The Morgan fingerprint density at radius 2 is 2.11 bits per heavy atom. The number of aliphatic hydroxyl groups excluding tert-OH is 1. The molecule has 0 spiro atoms. The number of hydrogen-bond donors (Lipinski definition) is 2. The average Bonchev–Trinajstić information content (AvgIpc) is 2.28. The molecular formula is C11H14ClNO4S. The number of halogens is 1. The molecule has 0 bridgehead atoms. The van der Waals surface area contributed by atoms with E-state index in [9.17, 15) is 13.2 Å². The molecule has 0 aliphatic carbocycles. The first-order chi connectivity index (χ1) is 8.34. The van der Waals surface area contributed by atoms with Gasteiger partial charge in [0.1, 0.15) is 0 Å². The van der Waals surface area contributed by atoms with Crippen molar-refractivity contribution in [3.05, 3.63) is 23.2 Å². The van der Waals surface area contributed by atoms with Crippen LogP contribution in [0.5, 0.6) is 0 Å². The average molecular weight is 292 g/mol. The first-order valence-corrected chi connectivity index (χ1v) is 7.52. The molecule has 100 valence electrons. The van der Waals surface area contributed by atoms with Gasteiger partial charge < -0.3 is 10.4 Å². The van der Waals surface area contributed by atoms with Crippen molar-refractivity contribution in [2.75, 3.05) is 18.2 Å². The molecule has 0 aliphatic rings. The molecule has 0 saturated heterocycles. The maximum atomic E-state index is 11.5. The lowest BCUT2D eigenvalue weighted by molar-refractivity contribution is -0.116. The van der Waals surface area contributed by atoms with Crippen molar-refractivity contribution in [2.24, 2.45) is 0 Å². The molecule has 0 saturated carbocycles. The summed E-state index contributed by atoms with van der Waals surface area (Å²) in [5.74, 6) is -0.323. The smallest absolute Gasteiger partial charge is 0.224 e. The molecule has 1 aromatic carbocycles. The lowest BCUT2D eigenvalue weighted by Gasteiger charge is -2.08. The van der Waals surface area contributed by atoms with Crippen molar-refractivity contribution in [1.29, 1.82) is 0 Å². The summed E-state index contributed by atoms with van der Waals surface area (Å²) in [6, 6.07) is 4.11. The van der Waals surface area contributed by atoms with E-state index in [2.05, 4.69) is 5.32 Å². The van der Waals surface area contributed by atoms with Crippen molar-refractivity contribution in [1.82, 2.24) is 0 Å². The highest BCUT2D eigenvalue weighted by atomic mass is 35.5. The van der Waals surface area contributed by atoms with E-state index in [1.807, 2.05) is 0 Å². The van der Waals surface area contributed by atoms with Crippen molar-refractivity contribution >= 4 is 33.0 Å². The van der Waals surface area contributed by atoms with Gasteiger partial charge in [0.15, 0.2) is 9.84 Å². The summed E-state index contributed by atoms with van der Waals surface area (Å²) in [6.07, 6.45) is 1.57. The van der Waals surface area contributed by atoms with Gasteiger partial charge in [-0.05, 0) is 24.6 Å². The van der Waals surface area contributed by atoms with Gasteiger partial charge in [-0.3, -0.25) is 4.79 Å². The Morgan fingerprint density at radius 3 is 2.67 bits per heavy atom. The van der Waals surface area contributed by atoms with Gasteiger partial charge in [-0.2, -0.15) is 0 Å². The highest BCUT2D eigenvalue weighted by Gasteiger charge is 2.12. The Hall–Kier alpha value is -1.11. The fourth-order valence-corrected chi connectivity index (χ4v) is 2.10. The number of benzene rings is 1. The van der Waals surface area contributed by atoms with Crippen LogP contribution in [0, 0.1) is 0 Å². The summed E-state index contributed by atoms with van der Waals surface area (Å²) in [4.78, 5) is 11.5. The fraction of sp³-hybridized carbons (Fsp3) is 0.364. The zero-order valence-electron chi connectivity index (χ0n) is 9.81. The molecule has 0 heterocycles. The summed E-state index contributed by atoms with van der Waals surface area (Å²) in [6.45, 7) is -0.0788.